The first kappa shape index (κ1) is 14.0. The number of hydrogen-bond acceptors (Lipinski definition) is 2. The van der Waals surface area contributed by atoms with Crippen molar-refractivity contribution >= 4 is 53.3 Å². The number of halogens is 3. The lowest BCUT2D eigenvalue weighted by molar-refractivity contribution is 0.0954. The second-order valence-corrected chi connectivity index (χ2v) is 4.73. The molecule has 0 fully saturated rings. The Morgan fingerprint density at radius 1 is 1.25 bits per heavy atom. The fourth-order valence-corrected chi connectivity index (χ4v) is 1.82. The number of carbonyl (C=O) groups is 1. The van der Waals surface area contributed by atoms with Crippen molar-refractivity contribution < 1.29 is 4.79 Å². The molecule has 0 heterocycles. The van der Waals surface area contributed by atoms with Gasteiger partial charge in [-0.25, -0.2) is 0 Å². The van der Waals surface area contributed by atoms with Gasteiger partial charge < -0.3 is 5.32 Å². The van der Waals surface area contributed by atoms with Crippen molar-refractivity contribution in [3.05, 3.63) is 32.8 Å². The molecule has 0 radical (unpaired) electrons. The second-order valence-electron chi connectivity index (χ2n) is 3.09. The van der Waals surface area contributed by atoms with Gasteiger partial charge in [0, 0.05) is 12.1 Å². The van der Waals surface area contributed by atoms with Crippen molar-refractivity contribution in [2.24, 2.45) is 0 Å². The number of nitrogens with one attached hydrogen (secondary N) is 1. The van der Waals surface area contributed by atoms with Crippen molar-refractivity contribution in [3.63, 3.8) is 0 Å². The summed E-state index contributed by atoms with van der Waals surface area (Å²) in [5.41, 5.74) is 0.401. The minimum absolute atomic E-state index is 0.220. The van der Waals surface area contributed by atoms with Crippen LogP contribution in [-0.4, -0.2) is 18.2 Å². The Hall–Kier alpha value is -0.0900. The quantitative estimate of drug-likeness (QED) is 0.495. The number of thiol groups is 1. The molecule has 0 aliphatic rings. The number of benzene rings is 1. The van der Waals surface area contributed by atoms with Crippen molar-refractivity contribution in [1.82, 2.24) is 5.32 Å². The molecule has 6 heteroatoms. The van der Waals surface area contributed by atoms with Gasteiger partial charge >= 0.3 is 0 Å². The van der Waals surface area contributed by atoms with Crippen LogP contribution in [0.3, 0.4) is 0 Å². The largest absolute Gasteiger partial charge is 0.352 e. The predicted octanol–water partition coefficient (Wildman–Crippen LogP) is 3.70. The van der Waals surface area contributed by atoms with Crippen LogP contribution in [0.4, 0.5) is 0 Å². The zero-order chi connectivity index (χ0) is 12.1. The van der Waals surface area contributed by atoms with Gasteiger partial charge in [0.15, 0.2) is 0 Å². The van der Waals surface area contributed by atoms with Gasteiger partial charge in [-0.2, -0.15) is 12.6 Å². The van der Waals surface area contributed by atoms with E-state index in [1.54, 1.807) is 0 Å². The Kier molecular flexibility index (Phi) is 5.76. The monoisotopic (exact) mass is 297 g/mol. The maximum Gasteiger partial charge on any atom is 0.251 e. The normalized spacial score (nSPS) is 10.2. The van der Waals surface area contributed by atoms with Crippen molar-refractivity contribution in [1.29, 1.82) is 0 Å². The molecule has 0 bridgehead atoms. The van der Waals surface area contributed by atoms with E-state index in [2.05, 4.69) is 17.9 Å². The summed E-state index contributed by atoms with van der Waals surface area (Å²) in [5.74, 6) is 0.504. The van der Waals surface area contributed by atoms with Gasteiger partial charge in [0.05, 0.1) is 15.1 Å². The summed E-state index contributed by atoms with van der Waals surface area (Å²) in [6.07, 6.45) is 0.809. The van der Waals surface area contributed by atoms with E-state index >= 15 is 0 Å². The molecule has 1 N–H and O–H groups in total. The summed E-state index contributed by atoms with van der Waals surface area (Å²) >= 11 is 21.5. The van der Waals surface area contributed by atoms with Crippen LogP contribution in [-0.2, 0) is 0 Å². The van der Waals surface area contributed by atoms with Gasteiger partial charge in [-0.3, -0.25) is 4.79 Å². The van der Waals surface area contributed by atoms with Gasteiger partial charge in [0.25, 0.3) is 5.91 Å². The van der Waals surface area contributed by atoms with Crippen LogP contribution in [0.25, 0.3) is 0 Å². The standard InChI is InChI=1S/C10H10Cl3NOS/c11-7-4-6(5-8(12)9(7)13)10(15)14-2-1-3-16/h4-5,16H,1-3H2,(H,14,15). The molecule has 1 rings (SSSR count). The third-order valence-corrected chi connectivity index (χ3v) is 3.38. The SMILES string of the molecule is O=C(NCCCS)c1cc(Cl)c(Cl)c(Cl)c1. The van der Waals surface area contributed by atoms with E-state index in [-0.39, 0.29) is 21.0 Å². The lowest BCUT2D eigenvalue weighted by atomic mass is 10.2. The average Bonchev–Trinajstić information content (AvgIpc) is 2.25. The molecule has 0 saturated heterocycles. The molecule has 88 valence electrons. The van der Waals surface area contributed by atoms with Crippen LogP contribution in [0.5, 0.6) is 0 Å². The van der Waals surface area contributed by atoms with Gasteiger partial charge in [0.1, 0.15) is 0 Å². The Labute approximate surface area is 115 Å². The number of rotatable bonds is 4. The van der Waals surface area contributed by atoms with E-state index in [9.17, 15) is 4.79 Å². The molecule has 0 spiro atoms. The summed E-state index contributed by atoms with van der Waals surface area (Å²) in [4.78, 5) is 11.6. The highest BCUT2D eigenvalue weighted by Crippen LogP contribution is 2.31. The zero-order valence-corrected chi connectivity index (χ0v) is 11.4. The van der Waals surface area contributed by atoms with Crippen LogP contribution in [0.15, 0.2) is 12.1 Å². The Morgan fingerprint density at radius 3 is 2.31 bits per heavy atom. The van der Waals surface area contributed by atoms with Crippen LogP contribution in [0, 0.1) is 0 Å². The van der Waals surface area contributed by atoms with Gasteiger partial charge in [-0.15, -0.1) is 0 Å². The third-order valence-electron chi connectivity index (χ3n) is 1.87. The molecular formula is C10H10Cl3NOS. The third kappa shape index (κ3) is 3.74. The molecular weight excluding hydrogens is 289 g/mol. The van der Waals surface area contributed by atoms with E-state index in [4.69, 9.17) is 34.8 Å². The van der Waals surface area contributed by atoms with Crippen LogP contribution >= 0.6 is 47.4 Å². The summed E-state index contributed by atoms with van der Waals surface area (Å²) in [7, 11) is 0. The highest BCUT2D eigenvalue weighted by atomic mass is 35.5. The Bertz CT molecular complexity index is 375. The summed E-state index contributed by atoms with van der Waals surface area (Å²) < 4.78 is 0. The highest BCUT2D eigenvalue weighted by molar-refractivity contribution is 7.80. The average molecular weight is 299 g/mol. The number of amides is 1. The molecule has 2 nitrogen and oxygen atoms in total. The molecule has 1 aromatic rings. The van der Waals surface area contributed by atoms with Crippen LogP contribution in [0.1, 0.15) is 16.8 Å². The Balaban J connectivity index is 2.76. The maximum atomic E-state index is 11.6. The maximum absolute atomic E-state index is 11.6. The van der Waals surface area contributed by atoms with E-state index in [1.165, 1.54) is 12.1 Å². The molecule has 1 aromatic carbocycles. The van der Waals surface area contributed by atoms with Crippen LogP contribution in [0.2, 0.25) is 15.1 Å². The smallest absolute Gasteiger partial charge is 0.251 e. The lowest BCUT2D eigenvalue weighted by Gasteiger charge is -2.06. The molecule has 0 aromatic heterocycles. The fraction of sp³-hybridized carbons (Fsp3) is 0.300. The Morgan fingerprint density at radius 2 is 1.81 bits per heavy atom. The highest BCUT2D eigenvalue weighted by Gasteiger charge is 2.11. The minimum atomic E-state index is -0.220. The number of carbonyl (C=O) groups excluding carboxylic acids is 1. The van der Waals surface area contributed by atoms with Gasteiger partial charge in [0.2, 0.25) is 0 Å². The zero-order valence-electron chi connectivity index (χ0n) is 8.27. The molecule has 0 aliphatic carbocycles. The molecule has 0 aliphatic heterocycles. The first-order valence-corrected chi connectivity index (χ1v) is 6.36. The minimum Gasteiger partial charge on any atom is -0.352 e. The van der Waals surface area contributed by atoms with E-state index in [1.807, 2.05) is 0 Å². The van der Waals surface area contributed by atoms with E-state index < -0.39 is 0 Å². The van der Waals surface area contributed by atoms with E-state index in [0.29, 0.717) is 12.1 Å². The second kappa shape index (κ2) is 6.60. The lowest BCUT2D eigenvalue weighted by Crippen LogP contribution is -2.24. The molecule has 0 unspecified atom stereocenters. The van der Waals surface area contributed by atoms with Crippen LogP contribution < -0.4 is 5.32 Å². The summed E-state index contributed by atoms with van der Waals surface area (Å²) in [6, 6.07) is 2.98. The van der Waals surface area contributed by atoms with E-state index in [0.717, 1.165) is 12.2 Å². The molecule has 0 atom stereocenters. The fourth-order valence-electron chi connectivity index (χ4n) is 1.07. The molecule has 16 heavy (non-hydrogen) atoms. The number of hydrogen-bond donors (Lipinski definition) is 2. The van der Waals surface area contributed by atoms with Gasteiger partial charge in [-0.1, -0.05) is 34.8 Å². The first-order chi connectivity index (χ1) is 7.56. The summed E-state index contributed by atoms with van der Waals surface area (Å²) in [6.45, 7) is 0.570. The molecule has 0 saturated carbocycles. The summed E-state index contributed by atoms with van der Waals surface area (Å²) in [5, 5.41) is 3.53. The van der Waals surface area contributed by atoms with Crippen molar-refractivity contribution in [2.75, 3.05) is 12.3 Å². The molecule has 1 amide bonds. The predicted molar refractivity (Wildman–Crippen MR) is 72.3 cm³/mol. The first-order valence-electron chi connectivity index (χ1n) is 4.60. The topological polar surface area (TPSA) is 29.1 Å². The van der Waals surface area contributed by atoms with Crippen molar-refractivity contribution in [3.8, 4) is 0 Å². The van der Waals surface area contributed by atoms with Gasteiger partial charge in [-0.05, 0) is 24.3 Å². The van der Waals surface area contributed by atoms with Crippen molar-refractivity contribution in [2.45, 2.75) is 6.42 Å².